The van der Waals surface area contributed by atoms with Gasteiger partial charge in [0.1, 0.15) is 16.9 Å². The minimum absolute atomic E-state index is 0.0851. The lowest BCUT2D eigenvalue weighted by Gasteiger charge is -2.22. The predicted molar refractivity (Wildman–Crippen MR) is 137 cm³/mol. The highest BCUT2D eigenvalue weighted by Gasteiger charge is 2.24. The average molecular weight is 472 g/mol. The monoisotopic (exact) mass is 471 g/mol. The number of hydrogen-bond acceptors (Lipinski definition) is 7. The minimum atomic E-state index is -0.645. The third-order valence-corrected chi connectivity index (χ3v) is 5.55. The van der Waals surface area contributed by atoms with Crippen molar-refractivity contribution < 1.29 is 13.9 Å². The van der Waals surface area contributed by atoms with Crippen LogP contribution in [0.25, 0.3) is 22.3 Å². The molecule has 7 heteroatoms. The Labute approximate surface area is 204 Å². The second kappa shape index (κ2) is 9.33. The first kappa shape index (κ1) is 24.1. The van der Waals surface area contributed by atoms with Crippen LogP contribution < -0.4 is 10.7 Å². The van der Waals surface area contributed by atoms with E-state index in [-0.39, 0.29) is 17.2 Å². The van der Waals surface area contributed by atoms with Gasteiger partial charge in [0.25, 0.3) is 0 Å². The number of benzene rings is 1. The number of aromatic nitrogens is 2. The van der Waals surface area contributed by atoms with Crippen molar-refractivity contribution in [2.24, 2.45) is 0 Å². The van der Waals surface area contributed by atoms with Crippen LogP contribution in [0.3, 0.4) is 0 Å². The van der Waals surface area contributed by atoms with E-state index in [0.29, 0.717) is 28.0 Å². The smallest absolute Gasteiger partial charge is 0.359 e. The van der Waals surface area contributed by atoms with E-state index in [1.54, 1.807) is 43.7 Å². The standard InChI is InChI=1S/C28H29N3O4/c1-16-13-20(18(3)31-22-10-8-12-30-23(22)27(33)35-28(4,5)6)26-21(14-16)24(32)17(2)25(34-26)19-9-7-11-29-15-19/h7-15,18,31H,1-6H3/t18-/m1/s1. The first-order valence-electron chi connectivity index (χ1n) is 11.5. The third kappa shape index (κ3) is 5.09. The SMILES string of the molecule is Cc1cc([C@@H](C)Nc2cccnc2C(=O)OC(C)(C)C)c2oc(-c3cccnc3)c(C)c(=O)c2c1. The molecule has 0 spiro atoms. The highest BCUT2D eigenvalue weighted by molar-refractivity contribution is 5.94. The minimum Gasteiger partial charge on any atom is -0.455 e. The molecule has 0 saturated heterocycles. The van der Waals surface area contributed by atoms with Crippen molar-refractivity contribution in [3.05, 3.63) is 87.6 Å². The molecular weight excluding hydrogens is 442 g/mol. The molecule has 0 bridgehead atoms. The molecule has 0 fully saturated rings. The summed E-state index contributed by atoms with van der Waals surface area (Å²) in [6, 6.07) is 10.7. The van der Waals surface area contributed by atoms with Crippen LogP contribution in [0.2, 0.25) is 0 Å². The topological polar surface area (TPSA) is 94.3 Å². The van der Waals surface area contributed by atoms with Gasteiger partial charge in [0, 0.05) is 35.3 Å². The number of nitrogens with one attached hydrogen (secondary N) is 1. The third-order valence-electron chi connectivity index (χ3n) is 5.55. The summed E-state index contributed by atoms with van der Waals surface area (Å²) in [6.07, 6.45) is 4.91. The number of nitrogens with zero attached hydrogens (tertiary/aromatic N) is 2. The maximum atomic E-state index is 13.3. The van der Waals surface area contributed by atoms with Crippen molar-refractivity contribution in [3.63, 3.8) is 0 Å². The Morgan fingerprint density at radius 3 is 2.54 bits per heavy atom. The molecular formula is C28H29N3O4. The predicted octanol–water partition coefficient (Wildman–Crippen LogP) is 6.00. The van der Waals surface area contributed by atoms with Crippen molar-refractivity contribution in [3.8, 4) is 11.3 Å². The molecule has 0 aliphatic rings. The van der Waals surface area contributed by atoms with E-state index in [4.69, 9.17) is 9.15 Å². The molecule has 1 aromatic carbocycles. The zero-order valence-corrected chi connectivity index (χ0v) is 20.8. The van der Waals surface area contributed by atoms with Crippen molar-refractivity contribution in [2.75, 3.05) is 5.32 Å². The molecule has 3 heterocycles. The largest absolute Gasteiger partial charge is 0.455 e. The Balaban J connectivity index is 1.81. The van der Waals surface area contributed by atoms with Gasteiger partial charge >= 0.3 is 5.97 Å². The van der Waals surface area contributed by atoms with Gasteiger partial charge < -0.3 is 14.5 Å². The van der Waals surface area contributed by atoms with E-state index in [9.17, 15) is 9.59 Å². The van der Waals surface area contributed by atoms with E-state index in [1.807, 2.05) is 52.8 Å². The molecule has 3 aromatic heterocycles. The zero-order valence-electron chi connectivity index (χ0n) is 20.8. The Hall–Kier alpha value is -4.00. The van der Waals surface area contributed by atoms with Crippen LogP contribution >= 0.6 is 0 Å². The highest BCUT2D eigenvalue weighted by atomic mass is 16.6. The van der Waals surface area contributed by atoms with E-state index in [0.717, 1.165) is 16.7 Å². The maximum absolute atomic E-state index is 13.3. The molecule has 0 radical (unpaired) electrons. The van der Waals surface area contributed by atoms with Gasteiger partial charge in [-0.3, -0.25) is 9.78 Å². The summed E-state index contributed by atoms with van der Waals surface area (Å²) in [7, 11) is 0. The molecule has 0 amide bonds. The Morgan fingerprint density at radius 2 is 1.86 bits per heavy atom. The van der Waals surface area contributed by atoms with Gasteiger partial charge in [-0.15, -0.1) is 0 Å². The number of fused-ring (bicyclic) bond motifs is 1. The van der Waals surface area contributed by atoms with Crippen LogP contribution in [0.1, 0.15) is 60.9 Å². The highest BCUT2D eigenvalue weighted by Crippen LogP contribution is 2.32. The molecule has 0 saturated carbocycles. The van der Waals surface area contributed by atoms with Crippen LogP contribution in [0.15, 0.2) is 64.2 Å². The maximum Gasteiger partial charge on any atom is 0.359 e. The molecule has 0 unspecified atom stereocenters. The van der Waals surface area contributed by atoms with E-state index >= 15 is 0 Å². The van der Waals surface area contributed by atoms with Gasteiger partial charge in [0.05, 0.1) is 17.1 Å². The van der Waals surface area contributed by atoms with Gasteiger partial charge in [-0.2, -0.15) is 0 Å². The second-order valence-electron chi connectivity index (χ2n) is 9.63. The lowest BCUT2D eigenvalue weighted by Crippen LogP contribution is -2.25. The summed E-state index contributed by atoms with van der Waals surface area (Å²) >= 11 is 0. The van der Waals surface area contributed by atoms with Crippen LogP contribution in [-0.2, 0) is 4.74 Å². The van der Waals surface area contributed by atoms with Crippen molar-refractivity contribution in [1.29, 1.82) is 0 Å². The summed E-state index contributed by atoms with van der Waals surface area (Å²) in [5.41, 5.74) is 3.48. The van der Waals surface area contributed by atoms with Gasteiger partial charge in [-0.1, -0.05) is 6.07 Å². The van der Waals surface area contributed by atoms with Crippen LogP contribution in [0.5, 0.6) is 0 Å². The number of carbonyl (C=O) groups excluding carboxylic acids is 1. The van der Waals surface area contributed by atoms with Gasteiger partial charge in [-0.05, 0) is 77.4 Å². The summed E-state index contributed by atoms with van der Waals surface area (Å²) in [4.78, 5) is 34.5. The molecule has 0 aliphatic heterocycles. The van der Waals surface area contributed by atoms with E-state index < -0.39 is 11.6 Å². The Bertz CT molecular complexity index is 1450. The van der Waals surface area contributed by atoms with Gasteiger partial charge in [0.15, 0.2) is 11.1 Å². The number of pyridine rings is 2. The zero-order chi connectivity index (χ0) is 25.3. The van der Waals surface area contributed by atoms with Crippen molar-refractivity contribution in [1.82, 2.24) is 9.97 Å². The molecule has 1 atom stereocenters. The number of esters is 1. The molecule has 4 aromatic rings. The average Bonchev–Trinajstić information content (AvgIpc) is 2.81. The molecule has 7 nitrogen and oxygen atoms in total. The molecule has 180 valence electrons. The second-order valence-corrected chi connectivity index (χ2v) is 9.63. The van der Waals surface area contributed by atoms with Crippen LogP contribution in [0.4, 0.5) is 5.69 Å². The summed E-state index contributed by atoms with van der Waals surface area (Å²) in [5.74, 6) is -0.0216. The van der Waals surface area contributed by atoms with Crippen molar-refractivity contribution in [2.45, 2.75) is 53.2 Å². The van der Waals surface area contributed by atoms with Gasteiger partial charge in [0.2, 0.25) is 0 Å². The molecule has 35 heavy (non-hydrogen) atoms. The number of aryl methyl sites for hydroxylation is 1. The van der Waals surface area contributed by atoms with Crippen molar-refractivity contribution >= 4 is 22.6 Å². The van der Waals surface area contributed by atoms with E-state index in [2.05, 4.69) is 15.3 Å². The summed E-state index contributed by atoms with van der Waals surface area (Å²) < 4.78 is 11.9. The quantitative estimate of drug-likeness (QED) is 0.357. The fraction of sp³-hybridized carbons (Fsp3) is 0.286. The fourth-order valence-corrected chi connectivity index (χ4v) is 3.98. The molecule has 1 N–H and O–H groups in total. The van der Waals surface area contributed by atoms with Crippen LogP contribution in [0, 0.1) is 13.8 Å². The lowest BCUT2D eigenvalue weighted by atomic mass is 9.99. The normalized spacial score (nSPS) is 12.4. The fourth-order valence-electron chi connectivity index (χ4n) is 3.98. The van der Waals surface area contributed by atoms with Crippen LogP contribution in [-0.4, -0.2) is 21.5 Å². The number of rotatable bonds is 5. The Kier molecular flexibility index (Phi) is 6.43. The Morgan fingerprint density at radius 1 is 1.11 bits per heavy atom. The number of ether oxygens (including phenoxy) is 1. The first-order valence-corrected chi connectivity index (χ1v) is 11.5. The first-order chi connectivity index (χ1) is 16.5. The van der Waals surface area contributed by atoms with Gasteiger partial charge in [-0.25, -0.2) is 9.78 Å². The summed E-state index contributed by atoms with van der Waals surface area (Å²) in [6.45, 7) is 11.1. The molecule has 4 rings (SSSR count). The molecule has 0 aliphatic carbocycles. The number of anilines is 1. The summed E-state index contributed by atoms with van der Waals surface area (Å²) in [5, 5.41) is 3.88. The van der Waals surface area contributed by atoms with E-state index in [1.165, 1.54) is 0 Å². The number of hydrogen-bond donors (Lipinski definition) is 1. The number of carbonyl (C=O) groups is 1. The lowest BCUT2D eigenvalue weighted by molar-refractivity contribution is 0.00640.